The van der Waals surface area contributed by atoms with Gasteiger partial charge in [-0.15, -0.1) is 0 Å². The van der Waals surface area contributed by atoms with Crippen LogP contribution >= 0.6 is 0 Å². The monoisotopic (exact) mass is 522 g/mol. The maximum Gasteiger partial charge on any atom is 0.254 e. The number of carbonyl (C=O) groups is 2. The number of amides is 2. The molecule has 1 N–H and O–H groups in total. The van der Waals surface area contributed by atoms with Gasteiger partial charge in [-0.1, -0.05) is 80.4 Å². The Balaban J connectivity index is 1.61. The molecule has 6 nitrogen and oxygen atoms in total. The van der Waals surface area contributed by atoms with Crippen molar-refractivity contribution in [3.63, 3.8) is 0 Å². The Morgan fingerprint density at radius 2 is 1.56 bits per heavy atom. The van der Waals surface area contributed by atoms with Gasteiger partial charge in [-0.3, -0.25) is 9.59 Å². The summed E-state index contributed by atoms with van der Waals surface area (Å²) in [5, 5.41) is 7.90. The van der Waals surface area contributed by atoms with Crippen molar-refractivity contribution in [2.24, 2.45) is 0 Å². The molecule has 0 spiro atoms. The lowest BCUT2D eigenvalue weighted by Gasteiger charge is -2.22. The normalized spacial score (nSPS) is 10.9. The molecular formula is C33H38N4O2. The van der Waals surface area contributed by atoms with Crippen molar-refractivity contribution >= 4 is 17.6 Å². The number of rotatable bonds is 11. The van der Waals surface area contributed by atoms with E-state index in [0.29, 0.717) is 17.9 Å². The number of hydrogen-bond donors (Lipinski definition) is 1. The topological polar surface area (TPSA) is 67.2 Å². The summed E-state index contributed by atoms with van der Waals surface area (Å²) in [6.07, 6.45) is 4.01. The van der Waals surface area contributed by atoms with Gasteiger partial charge in [0.15, 0.2) is 0 Å². The highest BCUT2D eigenvalue weighted by molar-refractivity contribution is 6.01. The van der Waals surface area contributed by atoms with E-state index < -0.39 is 0 Å². The molecule has 3 aromatic carbocycles. The van der Waals surface area contributed by atoms with E-state index in [9.17, 15) is 9.59 Å². The number of carbonyl (C=O) groups excluding carboxylic acids is 2. The highest BCUT2D eigenvalue weighted by atomic mass is 16.2. The molecular weight excluding hydrogens is 484 g/mol. The molecule has 0 radical (unpaired) electrons. The van der Waals surface area contributed by atoms with Gasteiger partial charge in [-0.25, -0.2) is 4.68 Å². The summed E-state index contributed by atoms with van der Waals surface area (Å²) >= 11 is 0. The summed E-state index contributed by atoms with van der Waals surface area (Å²) in [5.74, 6) is 0.194. The fraction of sp³-hybridized carbons (Fsp3) is 0.303. The minimum Gasteiger partial charge on any atom is -0.329 e. The van der Waals surface area contributed by atoms with E-state index in [1.165, 1.54) is 5.56 Å². The van der Waals surface area contributed by atoms with Crippen molar-refractivity contribution in [3.8, 4) is 16.8 Å². The Kier molecular flexibility index (Phi) is 9.31. The van der Waals surface area contributed by atoms with Crippen LogP contribution in [0.3, 0.4) is 0 Å². The first-order valence-electron chi connectivity index (χ1n) is 13.8. The number of unbranched alkanes of at least 4 members (excludes halogenated alkanes) is 1. The third-order valence-corrected chi connectivity index (χ3v) is 6.79. The van der Waals surface area contributed by atoms with Crippen LogP contribution in [-0.2, 0) is 11.2 Å². The lowest BCUT2D eigenvalue weighted by Crippen LogP contribution is -2.38. The second-order valence-corrected chi connectivity index (χ2v) is 10.00. The Morgan fingerprint density at radius 3 is 2.21 bits per heavy atom. The molecule has 0 bridgehead atoms. The zero-order valence-electron chi connectivity index (χ0n) is 23.4. The quantitative estimate of drug-likeness (QED) is 0.231. The van der Waals surface area contributed by atoms with Crippen molar-refractivity contribution in [3.05, 3.63) is 101 Å². The van der Waals surface area contributed by atoms with Crippen molar-refractivity contribution in [1.82, 2.24) is 14.7 Å². The SMILES string of the molecule is CCCCc1ccc(C(=O)N(CCC)CC(=O)Nc2c(-c3ccccc3)c(C)nn2-c2ccc(C)cc2)cc1. The van der Waals surface area contributed by atoms with Crippen LogP contribution in [0.4, 0.5) is 5.82 Å². The molecule has 0 aliphatic carbocycles. The summed E-state index contributed by atoms with van der Waals surface area (Å²) in [4.78, 5) is 28.5. The van der Waals surface area contributed by atoms with Crippen LogP contribution in [0.15, 0.2) is 78.9 Å². The predicted molar refractivity (Wildman–Crippen MR) is 158 cm³/mol. The molecule has 0 aliphatic heterocycles. The standard InChI is InChI=1S/C33H38N4O2/c1-5-7-11-26-16-18-28(19-17-26)33(39)36(22-6-2)23-30(38)34-32-31(27-12-9-8-10-13-27)25(4)35-37(32)29-20-14-24(3)15-21-29/h8-10,12-21H,5-7,11,22-23H2,1-4H3,(H,34,38). The van der Waals surface area contributed by atoms with Gasteiger partial charge in [-0.2, -0.15) is 5.10 Å². The number of aromatic nitrogens is 2. The second kappa shape index (κ2) is 13.1. The molecule has 0 saturated carbocycles. The maximum absolute atomic E-state index is 13.5. The predicted octanol–water partition coefficient (Wildman–Crippen LogP) is 6.99. The number of nitrogens with zero attached hydrogens (tertiary/aromatic N) is 3. The van der Waals surface area contributed by atoms with E-state index in [2.05, 4.69) is 12.2 Å². The number of aryl methyl sites for hydroxylation is 3. The van der Waals surface area contributed by atoms with Gasteiger partial charge in [0, 0.05) is 17.7 Å². The van der Waals surface area contributed by atoms with Gasteiger partial charge >= 0.3 is 0 Å². The Hall–Kier alpha value is -4.19. The van der Waals surface area contributed by atoms with Crippen LogP contribution in [0.1, 0.15) is 60.3 Å². The first-order valence-corrected chi connectivity index (χ1v) is 13.8. The summed E-state index contributed by atoms with van der Waals surface area (Å²) < 4.78 is 1.77. The first kappa shape index (κ1) is 27.8. The summed E-state index contributed by atoms with van der Waals surface area (Å²) in [6.45, 7) is 8.61. The highest BCUT2D eigenvalue weighted by Gasteiger charge is 2.23. The number of benzene rings is 3. The Bertz CT molecular complexity index is 1390. The average Bonchev–Trinajstić information content (AvgIpc) is 3.27. The van der Waals surface area contributed by atoms with Crippen LogP contribution in [0.25, 0.3) is 16.8 Å². The molecule has 202 valence electrons. The largest absolute Gasteiger partial charge is 0.329 e. The average molecular weight is 523 g/mol. The third kappa shape index (κ3) is 6.82. The number of hydrogen-bond acceptors (Lipinski definition) is 3. The maximum atomic E-state index is 13.5. The van der Waals surface area contributed by atoms with Crippen LogP contribution in [0.2, 0.25) is 0 Å². The minimum absolute atomic E-state index is 0.0450. The number of anilines is 1. The van der Waals surface area contributed by atoms with Crippen LogP contribution in [0.5, 0.6) is 0 Å². The second-order valence-electron chi connectivity index (χ2n) is 10.00. The summed E-state index contributed by atoms with van der Waals surface area (Å²) in [7, 11) is 0. The van der Waals surface area contributed by atoms with Crippen molar-refractivity contribution < 1.29 is 9.59 Å². The zero-order valence-corrected chi connectivity index (χ0v) is 23.4. The Labute approximate surface area is 231 Å². The first-order chi connectivity index (χ1) is 18.9. The van der Waals surface area contributed by atoms with E-state index in [1.54, 1.807) is 9.58 Å². The molecule has 6 heteroatoms. The lowest BCUT2D eigenvalue weighted by molar-refractivity contribution is -0.116. The van der Waals surface area contributed by atoms with E-state index in [4.69, 9.17) is 5.10 Å². The van der Waals surface area contributed by atoms with Crippen molar-refractivity contribution in [2.75, 3.05) is 18.4 Å². The van der Waals surface area contributed by atoms with E-state index in [1.807, 2.05) is 99.6 Å². The van der Waals surface area contributed by atoms with Crippen molar-refractivity contribution in [2.45, 2.75) is 53.4 Å². The smallest absolute Gasteiger partial charge is 0.254 e. The molecule has 1 aromatic heterocycles. The molecule has 4 rings (SSSR count). The lowest BCUT2D eigenvalue weighted by atomic mass is 10.1. The molecule has 39 heavy (non-hydrogen) atoms. The van der Waals surface area contributed by atoms with Gasteiger partial charge in [0.2, 0.25) is 5.91 Å². The third-order valence-electron chi connectivity index (χ3n) is 6.79. The van der Waals surface area contributed by atoms with Gasteiger partial charge < -0.3 is 10.2 Å². The molecule has 0 fully saturated rings. The summed E-state index contributed by atoms with van der Waals surface area (Å²) in [5.41, 5.74) is 6.45. The Morgan fingerprint density at radius 1 is 0.872 bits per heavy atom. The summed E-state index contributed by atoms with van der Waals surface area (Å²) in [6, 6.07) is 25.7. The van der Waals surface area contributed by atoms with Crippen molar-refractivity contribution in [1.29, 1.82) is 0 Å². The van der Waals surface area contributed by atoms with Crippen LogP contribution in [-0.4, -0.2) is 39.6 Å². The molecule has 1 heterocycles. The molecule has 2 amide bonds. The fourth-order valence-electron chi connectivity index (χ4n) is 4.71. The molecule has 0 unspecified atom stereocenters. The van der Waals surface area contributed by atoms with Gasteiger partial charge in [-0.05, 0) is 68.5 Å². The molecule has 4 aromatic rings. The molecule has 0 atom stereocenters. The van der Waals surface area contributed by atoms with E-state index in [-0.39, 0.29) is 18.4 Å². The van der Waals surface area contributed by atoms with E-state index in [0.717, 1.165) is 53.8 Å². The van der Waals surface area contributed by atoms with Gasteiger partial charge in [0.25, 0.3) is 5.91 Å². The van der Waals surface area contributed by atoms with E-state index >= 15 is 0 Å². The zero-order chi connectivity index (χ0) is 27.8. The van der Waals surface area contributed by atoms with Gasteiger partial charge in [0.1, 0.15) is 12.4 Å². The van der Waals surface area contributed by atoms with Crippen LogP contribution in [0, 0.1) is 13.8 Å². The minimum atomic E-state index is -0.262. The molecule has 0 aliphatic rings. The number of nitrogens with one attached hydrogen (secondary N) is 1. The van der Waals surface area contributed by atoms with Gasteiger partial charge in [0.05, 0.1) is 11.4 Å². The van der Waals surface area contributed by atoms with Crippen LogP contribution < -0.4 is 5.32 Å². The highest BCUT2D eigenvalue weighted by Crippen LogP contribution is 2.33. The fourth-order valence-corrected chi connectivity index (χ4v) is 4.71. The molecule has 0 saturated heterocycles.